The predicted octanol–water partition coefficient (Wildman–Crippen LogP) is 2.38. The third-order valence-corrected chi connectivity index (χ3v) is 3.73. The third-order valence-electron chi connectivity index (χ3n) is 3.73. The zero-order valence-electron chi connectivity index (χ0n) is 11.2. The van der Waals surface area contributed by atoms with Crippen LogP contribution in [0.15, 0.2) is 22.7 Å². The van der Waals surface area contributed by atoms with Crippen LogP contribution < -0.4 is 5.32 Å². The molecule has 1 N–H and O–H groups in total. The second-order valence-corrected chi connectivity index (χ2v) is 5.95. The van der Waals surface area contributed by atoms with E-state index in [-0.39, 0.29) is 27.7 Å². The third kappa shape index (κ3) is 1.94. The molecule has 0 saturated heterocycles. The highest BCUT2D eigenvalue weighted by Crippen LogP contribution is 2.45. The monoisotopic (exact) mass is 250 g/mol. The first-order valence-corrected chi connectivity index (χ1v) is 6.09. The molecule has 0 amide bonds. The van der Waals surface area contributed by atoms with Gasteiger partial charge in [-0.1, -0.05) is 13.8 Å². The van der Waals surface area contributed by atoms with Crippen LogP contribution in [0, 0.1) is 21.4 Å². The zero-order chi connectivity index (χ0) is 13.7. The van der Waals surface area contributed by atoms with E-state index in [1.54, 1.807) is 6.92 Å². The number of nitrogens with one attached hydrogen (secondary N) is 1. The van der Waals surface area contributed by atoms with E-state index in [0.717, 1.165) is 5.70 Å². The second-order valence-electron chi connectivity index (χ2n) is 5.95. The fraction of sp³-hybridized carbons (Fsp3) is 0.615. The lowest BCUT2D eigenvalue weighted by Crippen LogP contribution is -2.39. The number of carbonyl (C=O) groups is 1. The number of ketones is 1. The molecule has 0 aromatic rings. The second kappa shape index (κ2) is 3.93. The van der Waals surface area contributed by atoms with Crippen LogP contribution in [0.3, 0.4) is 0 Å². The minimum Gasteiger partial charge on any atom is -0.357 e. The first-order chi connectivity index (χ1) is 8.23. The first-order valence-electron chi connectivity index (χ1n) is 6.09. The molecule has 0 spiro atoms. The molecule has 5 nitrogen and oxygen atoms in total. The van der Waals surface area contributed by atoms with Crippen LogP contribution in [0.5, 0.6) is 0 Å². The van der Waals surface area contributed by atoms with E-state index in [1.807, 2.05) is 20.8 Å². The smallest absolute Gasteiger partial charge is 0.272 e. The molecule has 2 rings (SSSR count). The zero-order valence-corrected chi connectivity index (χ0v) is 11.2. The standard InChI is InChI=1S/C13H18N2O3/c1-7-11-9(5-13(3,4)6-10(11)16)12(15(17)18)8(2)14-7/h9,14H,5-6H2,1-4H3. The lowest BCUT2D eigenvalue weighted by Gasteiger charge is -2.37. The van der Waals surface area contributed by atoms with E-state index in [0.29, 0.717) is 24.1 Å². The molecule has 1 aliphatic heterocycles. The van der Waals surface area contributed by atoms with Crippen LogP contribution >= 0.6 is 0 Å². The van der Waals surface area contributed by atoms with Gasteiger partial charge in [-0.3, -0.25) is 14.9 Å². The number of allylic oxidation sites excluding steroid dienone is 3. The Labute approximate surface area is 106 Å². The Bertz CT molecular complexity index is 482. The summed E-state index contributed by atoms with van der Waals surface area (Å²) in [4.78, 5) is 23.1. The van der Waals surface area contributed by atoms with Crippen molar-refractivity contribution in [2.45, 2.75) is 40.5 Å². The van der Waals surface area contributed by atoms with Gasteiger partial charge in [0.1, 0.15) is 0 Å². The molecule has 0 bridgehead atoms. The molecule has 2 aliphatic rings. The maximum atomic E-state index is 12.2. The molecule has 1 unspecified atom stereocenters. The molecule has 18 heavy (non-hydrogen) atoms. The van der Waals surface area contributed by atoms with Gasteiger partial charge in [-0.2, -0.15) is 0 Å². The molecule has 1 heterocycles. The number of hydrogen-bond donors (Lipinski definition) is 1. The van der Waals surface area contributed by atoms with Gasteiger partial charge in [0.15, 0.2) is 5.78 Å². The summed E-state index contributed by atoms with van der Waals surface area (Å²) < 4.78 is 0. The Morgan fingerprint density at radius 1 is 1.33 bits per heavy atom. The van der Waals surface area contributed by atoms with Gasteiger partial charge in [0, 0.05) is 17.7 Å². The molecule has 0 aromatic carbocycles. The molecule has 1 atom stereocenters. The van der Waals surface area contributed by atoms with Crippen molar-refractivity contribution in [1.29, 1.82) is 0 Å². The number of Topliss-reactive ketones (excluding diaryl/α,β-unsaturated/α-hetero) is 1. The Hall–Kier alpha value is -1.65. The maximum Gasteiger partial charge on any atom is 0.272 e. The van der Waals surface area contributed by atoms with Gasteiger partial charge in [0.05, 0.1) is 16.5 Å². The highest BCUT2D eigenvalue weighted by atomic mass is 16.6. The Kier molecular flexibility index (Phi) is 2.80. The lowest BCUT2D eigenvalue weighted by molar-refractivity contribution is -0.435. The molecule has 0 radical (unpaired) electrons. The summed E-state index contributed by atoms with van der Waals surface area (Å²) in [6, 6.07) is 0. The minimum atomic E-state index is -0.363. The van der Waals surface area contributed by atoms with Crippen LogP contribution in [0.4, 0.5) is 0 Å². The van der Waals surface area contributed by atoms with Gasteiger partial charge in [0.2, 0.25) is 0 Å². The summed E-state index contributed by atoms with van der Waals surface area (Å²) in [6.07, 6.45) is 1.11. The summed E-state index contributed by atoms with van der Waals surface area (Å²) in [6.45, 7) is 7.50. The number of dihydropyridines is 1. The molecule has 1 fully saturated rings. The topological polar surface area (TPSA) is 72.2 Å². The van der Waals surface area contributed by atoms with Crippen molar-refractivity contribution in [3.8, 4) is 0 Å². The van der Waals surface area contributed by atoms with E-state index in [4.69, 9.17) is 0 Å². The van der Waals surface area contributed by atoms with Crippen molar-refractivity contribution in [2.75, 3.05) is 0 Å². The van der Waals surface area contributed by atoms with Gasteiger partial charge >= 0.3 is 0 Å². The summed E-state index contributed by atoms with van der Waals surface area (Å²) in [5.41, 5.74) is 1.90. The predicted molar refractivity (Wildman–Crippen MR) is 67.0 cm³/mol. The number of nitro groups is 1. The van der Waals surface area contributed by atoms with Crippen LogP contribution in [0.2, 0.25) is 0 Å². The van der Waals surface area contributed by atoms with Crippen LogP contribution in [0.25, 0.3) is 0 Å². The fourth-order valence-electron chi connectivity index (χ4n) is 3.09. The highest BCUT2D eigenvalue weighted by Gasteiger charge is 2.46. The van der Waals surface area contributed by atoms with Gasteiger partial charge in [0.25, 0.3) is 5.70 Å². The normalized spacial score (nSPS) is 26.9. The number of hydrogen-bond acceptors (Lipinski definition) is 4. The van der Waals surface area contributed by atoms with Crippen LogP contribution in [0.1, 0.15) is 40.5 Å². The summed E-state index contributed by atoms with van der Waals surface area (Å²) in [5.74, 6) is -0.328. The number of rotatable bonds is 1. The maximum absolute atomic E-state index is 12.2. The van der Waals surface area contributed by atoms with E-state index < -0.39 is 0 Å². The minimum absolute atomic E-state index is 0.0353. The van der Waals surface area contributed by atoms with Gasteiger partial charge in [-0.25, -0.2) is 0 Å². The van der Waals surface area contributed by atoms with Gasteiger partial charge < -0.3 is 5.32 Å². The molecule has 98 valence electrons. The van der Waals surface area contributed by atoms with Crippen LogP contribution in [-0.4, -0.2) is 10.7 Å². The van der Waals surface area contributed by atoms with E-state index in [2.05, 4.69) is 5.32 Å². The van der Waals surface area contributed by atoms with E-state index >= 15 is 0 Å². The van der Waals surface area contributed by atoms with Gasteiger partial charge in [-0.15, -0.1) is 0 Å². The van der Waals surface area contributed by atoms with E-state index in [1.165, 1.54) is 0 Å². The number of nitrogens with zero attached hydrogens (tertiary/aromatic N) is 1. The summed E-state index contributed by atoms with van der Waals surface area (Å²) in [5, 5.41) is 14.2. The largest absolute Gasteiger partial charge is 0.357 e. The number of fused-ring (bicyclic) bond motifs is 1. The molecule has 1 aliphatic carbocycles. The van der Waals surface area contributed by atoms with E-state index in [9.17, 15) is 14.9 Å². The Morgan fingerprint density at radius 2 is 1.94 bits per heavy atom. The number of carbonyl (C=O) groups excluding carboxylic acids is 1. The quantitative estimate of drug-likeness (QED) is 0.573. The average molecular weight is 250 g/mol. The first kappa shape index (κ1) is 12.8. The molecule has 5 heteroatoms. The molecular formula is C13H18N2O3. The Morgan fingerprint density at radius 3 is 2.50 bits per heavy atom. The average Bonchev–Trinajstić information content (AvgIpc) is 2.11. The Balaban J connectivity index is 2.53. The van der Waals surface area contributed by atoms with Crippen molar-refractivity contribution in [1.82, 2.24) is 5.32 Å². The van der Waals surface area contributed by atoms with Crippen molar-refractivity contribution >= 4 is 5.78 Å². The lowest BCUT2D eigenvalue weighted by atomic mass is 9.67. The SMILES string of the molecule is CC1=C2C(=O)CC(C)(C)CC2C([N+](=O)[O-])=C(C)N1. The summed E-state index contributed by atoms with van der Waals surface area (Å²) >= 11 is 0. The molecule has 1 saturated carbocycles. The van der Waals surface area contributed by atoms with Crippen molar-refractivity contribution < 1.29 is 9.72 Å². The highest BCUT2D eigenvalue weighted by molar-refractivity contribution is 5.98. The van der Waals surface area contributed by atoms with Crippen molar-refractivity contribution in [3.05, 3.63) is 32.8 Å². The summed E-state index contributed by atoms with van der Waals surface area (Å²) in [7, 11) is 0. The van der Waals surface area contributed by atoms with Crippen molar-refractivity contribution in [3.63, 3.8) is 0 Å². The molecular weight excluding hydrogens is 232 g/mol. The van der Waals surface area contributed by atoms with Gasteiger partial charge in [-0.05, 0) is 25.7 Å². The fourth-order valence-corrected chi connectivity index (χ4v) is 3.09. The molecule has 0 aromatic heterocycles. The van der Waals surface area contributed by atoms with Crippen molar-refractivity contribution in [2.24, 2.45) is 11.3 Å². The van der Waals surface area contributed by atoms with Crippen LogP contribution in [-0.2, 0) is 4.79 Å².